The van der Waals surface area contributed by atoms with Crippen molar-refractivity contribution in [1.82, 2.24) is 5.32 Å². The van der Waals surface area contributed by atoms with Gasteiger partial charge in [-0.05, 0) is 42.3 Å². The van der Waals surface area contributed by atoms with Gasteiger partial charge in [0.25, 0.3) is 5.91 Å². The van der Waals surface area contributed by atoms with E-state index in [0.29, 0.717) is 47.8 Å². The molecule has 2 N–H and O–H groups in total. The summed E-state index contributed by atoms with van der Waals surface area (Å²) in [7, 11) is 0. The fraction of sp³-hybridized carbons (Fsp3) is 0.200. The van der Waals surface area contributed by atoms with Crippen molar-refractivity contribution in [3.05, 3.63) is 88.4 Å². The molecule has 33 heavy (non-hydrogen) atoms. The van der Waals surface area contributed by atoms with Gasteiger partial charge in [-0.1, -0.05) is 57.9 Å². The van der Waals surface area contributed by atoms with Crippen LogP contribution in [0.25, 0.3) is 0 Å². The summed E-state index contributed by atoms with van der Waals surface area (Å²) < 4.78 is 11.5. The number of carboxylic acid groups (broad SMARTS) is 1. The van der Waals surface area contributed by atoms with Crippen LogP contribution in [-0.4, -0.2) is 28.5 Å². The summed E-state index contributed by atoms with van der Waals surface area (Å²) in [4.78, 5) is 23.8. The predicted octanol–water partition coefficient (Wildman–Crippen LogP) is 5.78. The Bertz CT molecular complexity index is 1150. The molecule has 0 aromatic heterocycles. The Kier molecular flexibility index (Phi) is 7.20. The lowest BCUT2D eigenvalue weighted by Crippen LogP contribution is -2.31. The highest BCUT2D eigenvalue weighted by molar-refractivity contribution is 9.09. The van der Waals surface area contributed by atoms with Crippen molar-refractivity contribution in [2.75, 3.05) is 6.61 Å². The standard InChI is InChI=1S/C25H21BrClNO5/c26-23(12-15-4-2-1-3-5-15)28-24(29)16-6-8-17(9-7-16)33-22-14-21-19(13-20(22)27)18(25(30)31)10-11-32-21/h1-9,13-14,18,23H,10-12H2,(H,28,29)(H,30,31). The molecule has 0 aliphatic carbocycles. The second-order valence-corrected chi connectivity index (χ2v) is 9.12. The van der Waals surface area contributed by atoms with Gasteiger partial charge < -0.3 is 19.9 Å². The van der Waals surface area contributed by atoms with E-state index in [0.717, 1.165) is 5.56 Å². The van der Waals surface area contributed by atoms with Gasteiger partial charge in [0.2, 0.25) is 0 Å². The lowest BCUT2D eigenvalue weighted by atomic mass is 9.93. The molecule has 6 nitrogen and oxygen atoms in total. The molecule has 170 valence electrons. The molecule has 3 aromatic rings. The highest BCUT2D eigenvalue weighted by atomic mass is 79.9. The zero-order chi connectivity index (χ0) is 23.4. The first-order valence-corrected chi connectivity index (χ1v) is 11.7. The molecule has 0 saturated heterocycles. The zero-order valence-electron chi connectivity index (χ0n) is 17.5. The Morgan fingerprint density at radius 3 is 2.58 bits per heavy atom. The van der Waals surface area contributed by atoms with E-state index in [1.165, 1.54) is 0 Å². The van der Waals surface area contributed by atoms with Gasteiger partial charge in [0.05, 0.1) is 22.5 Å². The Labute approximate surface area is 204 Å². The topological polar surface area (TPSA) is 84.9 Å². The molecule has 1 aliphatic rings. The van der Waals surface area contributed by atoms with Gasteiger partial charge >= 0.3 is 5.97 Å². The van der Waals surface area contributed by atoms with Crippen LogP contribution in [0.5, 0.6) is 17.2 Å². The molecule has 0 saturated carbocycles. The van der Waals surface area contributed by atoms with Crippen molar-refractivity contribution in [3.8, 4) is 17.2 Å². The molecule has 0 bridgehead atoms. The summed E-state index contributed by atoms with van der Waals surface area (Å²) >= 11 is 9.85. The summed E-state index contributed by atoms with van der Waals surface area (Å²) in [5.41, 5.74) is 2.14. The highest BCUT2D eigenvalue weighted by Crippen LogP contribution is 2.41. The number of carbonyl (C=O) groups is 2. The molecule has 8 heteroatoms. The fourth-order valence-electron chi connectivity index (χ4n) is 3.62. The fourth-order valence-corrected chi connectivity index (χ4v) is 4.42. The van der Waals surface area contributed by atoms with E-state index in [9.17, 15) is 14.7 Å². The third kappa shape index (κ3) is 5.67. The van der Waals surface area contributed by atoms with Crippen LogP contribution in [-0.2, 0) is 11.2 Å². The third-order valence-electron chi connectivity index (χ3n) is 5.29. The number of halogens is 2. The van der Waals surface area contributed by atoms with Gasteiger partial charge in [-0.15, -0.1) is 0 Å². The highest BCUT2D eigenvalue weighted by Gasteiger charge is 2.29. The number of hydrogen-bond acceptors (Lipinski definition) is 4. The van der Waals surface area contributed by atoms with E-state index < -0.39 is 11.9 Å². The lowest BCUT2D eigenvalue weighted by Gasteiger charge is -2.24. The van der Waals surface area contributed by atoms with Gasteiger partial charge in [0.1, 0.15) is 17.2 Å². The lowest BCUT2D eigenvalue weighted by molar-refractivity contribution is -0.139. The van der Waals surface area contributed by atoms with Gasteiger partial charge in [-0.3, -0.25) is 9.59 Å². The first-order valence-electron chi connectivity index (χ1n) is 10.4. The number of ether oxygens (including phenoxy) is 2. The molecule has 1 heterocycles. The second-order valence-electron chi connectivity index (χ2n) is 7.61. The van der Waals surface area contributed by atoms with Crippen LogP contribution in [0.3, 0.4) is 0 Å². The summed E-state index contributed by atoms with van der Waals surface area (Å²) in [5, 5.41) is 12.6. The number of nitrogens with one attached hydrogen (secondary N) is 1. The first kappa shape index (κ1) is 23.1. The van der Waals surface area contributed by atoms with Crippen LogP contribution in [0.15, 0.2) is 66.7 Å². The quantitative estimate of drug-likeness (QED) is 0.299. The molecule has 0 spiro atoms. The number of amides is 1. The molecule has 3 aromatic carbocycles. The van der Waals surface area contributed by atoms with Gasteiger partial charge in [0.15, 0.2) is 0 Å². The smallest absolute Gasteiger partial charge is 0.311 e. The van der Waals surface area contributed by atoms with E-state index >= 15 is 0 Å². The molecular formula is C25H21BrClNO5. The number of benzene rings is 3. The van der Waals surface area contributed by atoms with Gasteiger partial charge in [-0.25, -0.2) is 0 Å². The number of carbonyl (C=O) groups excluding carboxylic acids is 1. The van der Waals surface area contributed by atoms with E-state index in [1.807, 2.05) is 30.3 Å². The summed E-state index contributed by atoms with van der Waals surface area (Å²) in [6, 6.07) is 19.7. The van der Waals surface area contributed by atoms with E-state index in [4.69, 9.17) is 21.1 Å². The molecule has 2 unspecified atom stereocenters. The maximum Gasteiger partial charge on any atom is 0.311 e. The van der Waals surface area contributed by atoms with Crippen molar-refractivity contribution in [3.63, 3.8) is 0 Å². The molecule has 1 amide bonds. The number of carboxylic acids is 1. The van der Waals surface area contributed by atoms with E-state index in [2.05, 4.69) is 21.2 Å². The monoisotopic (exact) mass is 529 g/mol. The molecule has 0 radical (unpaired) electrons. The SMILES string of the molecule is O=C(NC(Br)Cc1ccccc1)c1ccc(Oc2cc3c(cc2Cl)C(C(=O)O)CCO3)cc1. The van der Waals surface area contributed by atoms with Gasteiger partial charge in [0, 0.05) is 23.6 Å². The normalized spacial score (nSPS) is 15.6. The summed E-state index contributed by atoms with van der Waals surface area (Å²) in [5.74, 6) is -0.489. The largest absolute Gasteiger partial charge is 0.493 e. The van der Waals surface area contributed by atoms with Crippen molar-refractivity contribution in [1.29, 1.82) is 0 Å². The maximum atomic E-state index is 12.5. The Morgan fingerprint density at radius 2 is 1.88 bits per heavy atom. The van der Waals surface area contributed by atoms with E-state index in [-0.39, 0.29) is 15.9 Å². The molecule has 0 fully saturated rings. The Morgan fingerprint density at radius 1 is 1.15 bits per heavy atom. The number of fused-ring (bicyclic) bond motifs is 1. The zero-order valence-corrected chi connectivity index (χ0v) is 19.8. The van der Waals surface area contributed by atoms with Crippen LogP contribution in [0.2, 0.25) is 5.02 Å². The van der Waals surface area contributed by atoms with Crippen molar-refractivity contribution in [2.45, 2.75) is 23.7 Å². The average Bonchev–Trinajstić information content (AvgIpc) is 2.80. The second kappa shape index (κ2) is 10.3. The van der Waals surface area contributed by atoms with E-state index in [1.54, 1.807) is 36.4 Å². The van der Waals surface area contributed by atoms with Gasteiger partial charge in [-0.2, -0.15) is 0 Å². The maximum absolute atomic E-state index is 12.5. The number of rotatable bonds is 7. The summed E-state index contributed by atoms with van der Waals surface area (Å²) in [6.45, 7) is 0.313. The van der Waals surface area contributed by atoms with Crippen LogP contribution >= 0.6 is 27.5 Å². The molecule has 1 aliphatic heterocycles. The Balaban J connectivity index is 1.41. The van der Waals surface area contributed by atoms with Crippen LogP contribution in [0, 0.1) is 0 Å². The summed E-state index contributed by atoms with van der Waals surface area (Å²) in [6.07, 6.45) is 1.05. The minimum absolute atomic E-state index is 0.202. The Hall–Kier alpha value is -3.03. The van der Waals surface area contributed by atoms with Crippen LogP contribution in [0.4, 0.5) is 0 Å². The predicted molar refractivity (Wildman–Crippen MR) is 129 cm³/mol. The van der Waals surface area contributed by atoms with Crippen LogP contribution in [0.1, 0.15) is 33.8 Å². The average molecular weight is 531 g/mol. The van der Waals surface area contributed by atoms with Crippen molar-refractivity contribution in [2.24, 2.45) is 0 Å². The number of aliphatic carboxylic acids is 1. The molecular weight excluding hydrogens is 510 g/mol. The first-order chi connectivity index (χ1) is 15.9. The van der Waals surface area contributed by atoms with Crippen molar-refractivity contribution >= 4 is 39.4 Å². The minimum atomic E-state index is -0.910. The van der Waals surface area contributed by atoms with Crippen LogP contribution < -0.4 is 14.8 Å². The molecule has 4 rings (SSSR count). The number of hydrogen-bond donors (Lipinski definition) is 2. The minimum Gasteiger partial charge on any atom is -0.493 e. The number of alkyl halides is 1. The molecule has 2 atom stereocenters. The van der Waals surface area contributed by atoms with Crippen molar-refractivity contribution < 1.29 is 24.2 Å². The third-order valence-corrected chi connectivity index (χ3v) is 6.14.